The van der Waals surface area contributed by atoms with Gasteiger partial charge in [-0.3, -0.25) is 9.69 Å². The van der Waals surface area contributed by atoms with Gasteiger partial charge in [0.15, 0.2) is 17.3 Å². The summed E-state index contributed by atoms with van der Waals surface area (Å²) in [4.78, 5) is 20.0. The highest BCUT2D eigenvalue weighted by atomic mass is 16.7. The molecule has 0 unspecified atom stereocenters. The molecule has 0 aliphatic carbocycles. The van der Waals surface area contributed by atoms with E-state index < -0.39 is 0 Å². The molecule has 2 heterocycles. The van der Waals surface area contributed by atoms with Crippen molar-refractivity contribution in [3.05, 3.63) is 53.1 Å². The lowest BCUT2D eigenvalue weighted by Crippen LogP contribution is -2.44. The maximum atomic E-state index is 11.5. The Morgan fingerprint density at radius 1 is 1.06 bits per heavy atom. The average Bonchev–Trinajstić information content (AvgIpc) is 3.25. The zero-order valence-electron chi connectivity index (χ0n) is 20.6. The van der Waals surface area contributed by atoms with Crippen molar-refractivity contribution in [1.82, 2.24) is 4.90 Å². The van der Waals surface area contributed by atoms with Crippen LogP contribution < -0.4 is 14.2 Å². The first-order valence-corrected chi connectivity index (χ1v) is 12.0. The van der Waals surface area contributed by atoms with Gasteiger partial charge in [-0.1, -0.05) is 29.4 Å². The van der Waals surface area contributed by atoms with Crippen LogP contribution in [-0.4, -0.2) is 55.4 Å². The Bertz CT molecular complexity index is 1010. The fraction of sp³-hybridized carbons (Fsp3) is 0.481. The van der Waals surface area contributed by atoms with Crippen LogP contribution in [0.4, 0.5) is 0 Å². The highest BCUT2D eigenvalue weighted by molar-refractivity contribution is 6.02. The van der Waals surface area contributed by atoms with Gasteiger partial charge in [0.1, 0.15) is 5.60 Å². The fourth-order valence-electron chi connectivity index (χ4n) is 4.67. The number of carbonyl (C=O) groups excluding carboxylic acids is 1. The highest BCUT2D eigenvalue weighted by Gasteiger charge is 2.42. The molecule has 7 heteroatoms. The Hall–Kier alpha value is -3.06. The quantitative estimate of drug-likeness (QED) is 0.492. The molecule has 34 heavy (non-hydrogen) atoms. The van der Waals surface area contributed by atoms with Crippen LogP contribution in [0.15, 0.2) is 41.6 Å². The number of hydrogen-bond donors (Lipinski definition) is 0. The Morgan fingerprint density at radius 3 is 2.21 bits per heavy atom. The fourth-order valence-corrected chi connectivity index (χ4v) is 4.67. The molecule has 0 amide bonds. The van der Waals surface area contributed by atoms with Crippen LogP contribution in [0.3, 0.4) is 0 Å². The number of benzene rings is 2. The number of ether oxygens (including phenoxy) is 3. The number of ketones is 1. The van der Waals surface area contributed by atoms with Crippen LogP contribution in [0.1, 0.15) is 61.5 Å². The van der Waals surface area contributed by atoms with E-state index in [2.05, 4.69) is 10.1 Å². The normalized spacial score (nSPS) is 17.2. The summed E-state index contributed by atoms with van der Waals surface area (Å²) in [5, 5.41) is 4.42. The van der Waals surface area contributed by atoms with E-state index in [9.17, 15) is 4.79 Å². The molecule has 0 saturated carbocycles. The third kappa shape index (κ3) is 5.20. The van der Waals surface area contributed by atoms with Gasteiger partial charge in [0.05, 0.1) is 26.0 Å². The zero-order chi connectivity index (χ0) is 24.1. The van der Waals surface area contributed by atoms with Gasteiger partial charge in [-0.2, -0.15) is 0 Å². The lowest BCUT2D eigenvalue weighted by atomic mass is 9.85. The summed E-state index contributed by atoms with van der Waals surface area (Å²) in [5.41, 5.74) is 3.59. The van der Waals surface area contributed by atoms with Gasteiger partial charge in [0.25, 0.3) is 0 Å². The van der Waals surface area contributed by atoms with Crippen molar-refractivity contribution < 1.29 is 23.8 Å². The van der Waals surface area contributed by atoms with Crippen molar-refractivity contribution in [3.8, 4) is 17.2 Å². The first-order valence-electron chi connectivity index (χ1n) is 12.0. The van der Waals surface area contributed by atoms with Crippen molar-refractivity contribution in [2.24, 2.45) is 5.16 Å². The van der Waals surface area contributed by atoms with Gasteiger partial charge in [0, 0.05) is 44.5 Å². The minimum atomic E-state index is -0.238. The van der Waals surface area contributed by atoms with E-state index in [4.69, 9.17) is 19.0 Å². The SMILES string of the molecule is CCOc1cc(CN2CCC3(CC2)CC(c2ccc(C(C)=O)cc2)=NO3)cc(OCC)c1OC. The molecular formula is C27H34N2O5. The maximum absolute atomic E-state index is 11.5. The molecule has 7 nitrogen and oxygen atoms in total. The summed E-state index contributed by atoms with van der Waals surface area (Å²) in [6.45, 7) is 9.29. The molecule has 2 aliphatic rings. The Labute approximate surface area is 201 Å². The van der Waals surface area contributed by atoms with E-state index in [0.29, 0.717) is 36.0 Å². The molecule has 1 spiro atoms. The van der Waals surface area contributed by atoms with E-state index in [0.717, 1.165) is 55.7 Å². The number of carbonyl (C=O) groups is 1. The second kappa shape index (κ2) is 10.5. The summed E-state index contributed by atoms with van der Waals surface area (Å²) in [6, 6.07) is 11.7. The molecule has 4 rings (SSSR count). The summed E-state index contributed by atoms with van der Waals surface area (Å²) in [6.07, 6.45) is 2.63. The number of methoxy groups -OCH3 is 1. The van der Waals surface area contributed by atoms with Crippen LogP contribution in [0.5, 0.6) is 17.2 Å². The average molecular weight is 467 g/mol. The molecule has 0 bridgehead atoms. The van der Waals surface area contributed by atoms with Gasteiger partial charge >= 0.3 is 0 Å². The number of Topliss-reactive ketones (excluding diaryl/α,β-unsaturated/α-hetero) is 1. The number of nitrogens with zero attached hydrogens (tertiary/aromatic N) is 2. The molecule has 182 valence electrons. The molecule has 0 aromatic heterocycles. The van der Waals surface area contributed by atoms with Crippen molar-refractivity contribution in [1.29, 1.82) is 0 Å². The molecule has 1 fully saturated rings. The minimum absolute atomic E-state index is 0.0682. The molecule has 0 atom stereocenters. The Morgan fingerprint density at radius 2 is 1.68 bits per heavy atom. The molecule has 2 aromatic carbocycles. The van der Waals surface area contributed by atoms with Crippen LogP contribution >= 0.6 is 0 Å². The van der Waals surface area contributed by atoms with E-state index >= 15 is 0 Å². The lowest BCUT2D eigenvalue weighted by Gasteiger charge is -2.37. The number of hydrogen-bond acceptors (Lipinski definition) is 7. The zero-order valence-corrected chi connectivity index (χ0v) is 20.6. The summed E-state index contributed by atoms with van der Waals surface area (Å²) in [7, 11) is 1.64. The van der Waals surface area contributed by atoms with E-state index in [1.807, 2.05) is 50.2 Å². The summed E-state index contributed by atoms with van der Waals surface area (Å²) < 4.78 is 17.2. The first-order chi connectivity index (χ1) is 16.5. The van der Waals surface area contributed by atoms with Crippen molar-refractivity contribution in [2.45, 2.75) is 52.2 Å². The van der Waals surface area contributed by atoms with E-state index in [1.54, 1.807) is 14.0 Å². The third-order valence-corrected chi connectivity index (χ3v) is 6.52. The molecule has 2 aromatic rings. The van der Waals surface area contributed by atoms with Gasteiger partial charge < -0.3 is 19.0 Å². The minimum Gasteiger partial charge on any atom is -0.490 e. The predicted molar refractivity (Wildman–Crippen MR) is 131 cm³/mol. The van der Waals surface area contributed by atoms with Crippen LogP contribution in [0.2, 0.25) is 0 Å². The second-order valence-electron chi connectivity index (χ2n) is 8.89. The maximum Gasteiger partial charge on any atom is 0.203 e. The van der Waals surface area contributed by atoms with Gasteiger partial charge in [-0.05, 0) is 44.0 Å². The molecule has 2 aliphatic heterocycles. The monoisotopic (exact) mass is 466 g/mol. The first kappa shape index (κ1) is 24.1. The smallest absolute Gasteiger partial charge is 0.203 e. The Balaban J connectivity index is 1.38. The largest absolute Gasteiger partial charge is 0.490 e. The van der Waals surface area contributed by atoms with Crippen LogP contribution in [0.25, 0.3) is 0 Å². The third-order valence-electron chi connectivity index (χ3n) is 6.52. The molecule has 0 radical (unpaired) electrons. The van der Waals surface area contributed by atoms with Crippen LogP contribution in [-0.2, 0) is 11.4 Å². The van der Waals surface area contributed by atoms with Gasteiger partial charge in [-0.15, -0.1) is 0 Å². The highest BCUT2D eigenvalue weighted by Crippen LogP contribution is 2.40. The number of piperidine rings is 1. The summed E-state index contributed by atoms with van der Waals surface area (Å²) >= 11 is 0. The molecule has 1 saturated heterocycles. The number of oxime groups is 1. The van der Waals surface area contributed by atoms with E-state index in [1.165, 1.54) is 0 Å². The van der Waals surface area contributed by atoms with Crippen molar-refractivity contribution in [2.75, 3.05) is 33.4 Å². The molecule has 0 N–H and O–H groups in total. The standard InChI is InChI=1S/C27H34N2O5/c1-5-32-24-15-20(16-25(33-6-2)26(24)31-4)18-29-13-11-27(12-14-29)17-23(28-34-27)22-9-7-21(8-10-22)19(3)30/h7-10,15-16H,5-6,11-14,17-18H2,1-4H3. The molecular weight excluding hydrogens is 432 g/mol. The van der Waals surface area contributed by atoms with Gasteiger partial charge in [-0.25, -0.2) is 0 Å². The van der Waals surface area contributed by atoms with Crippen molar-refractivity contribution >= 4 is 11.5 Å². The topological polar surface area (TPSA) is 69.6 Å². The Kier molecular flexibility index (Phi) is 7.41. The van der Waals surface area contributed by atoms with Crippen molar-refractivity contribution in [3.63, 3.8) is 0 Å². The number of rotatable bonds is 9. The van der Waals surface area contributed by atoms with Gasteiger partial charge in [0.2, 0.25) is 5.75 Å². The van der Waals surface area contributed by atoms with Crippen LogP contribution in [0, 0.1) is 0 Å². The number of likely N-dealkylation sites (tertiary alicyclic amines) is 1. The lowest BCUT2D eigenvalue weighted by molar-refractivity contribution is -0.0627. The predicted octanol–water partition coefficient (Wildman–Crippen LogP) is 4.85. The summed E-state index contributed by atoms with van der Waals surface area (Å²) in [5.74, 6) is 2.14. The second-order valence-corrected chi connectivity index (χ2v) is 8.89. The van der Waals surface area contributed by atoms with E-state index in [-0.39, 0.29) is 11.4 Å².